The summed E-state index contributed by atoms with van der Waals surface area (Å²) in [5.74, 6) is 0.925. The SMILES string of the molecule is Cc1cc([N+](=O)[O-])cc(Cl)c1NCc1cccnc1N1CCOCC1. The molecule has 0 bridgehead atoms. The number of non-ortho nitro benzene ring substituents is 1. The summed E-state index contributed by atoms with van der Waals surface area (Å²) in [6, 6.07) is 6.79. The fourth-order valence-electron chi connectivity index (χ4n) is 2.87. The van der Waals surface area contributed by atoms with Gasteiger partial charge in [0.25, 0.3) is 5.69 Å². The Bertz CT molecular complexity index is 755. The number of pyridine rings is 1. The molecule has 3 rings (SSSR count). The van der Waals surface area contributed by atoms with Crippen molar-refractivity contribution in [1.82, 2.24) is 4.98 Å². The van der Waals surface area contributed by atoms with Crippen LogP contribution in [0.15, 0.2) is 30.5 Å². The van der Waals surface area contributed by atoms with E-state index >= 15 is 0 Å². The van der Waals surface area contributed by atoms with Crippen LogP contribution in [0.2, 0.25) is 5.02 Å². The molecule has 1 aromatic carbocycles. The van der Waals surface area contributed by atoms with Crippen molar-refractivity contribution < 1.29 is 9.66 Å². The van der Waals surface area contributed by atoms with Crippen molar-refractivity contribution >= 4 is 28.8 Å². The maximum atomic E-state index is 10.9. The third kappa shape index (κ3) is 4.00. The number of aromatic nitrogens is 1. The average molecular weight is 363 g/mol. The highest BCUT2D eigenvalue weighted by Gasteiger charge is 2.17. The van der Waals surface area contributed by atoms with Gasteiger partial charge in [-0.05, 0) is 18.6 Å². The number of nitrogens with zero attached hydrogens (tertiary/aromatic N) is 3. The summed E-state index contributed by atoms with van der Waals surface area (Å²) in [7, 11) is 0. The van der Waals surface area contributed by atoms with Crippen molar-refractivity contribution in [2.24, 2.45) is 0 Å². The number of hydrogen-bond acceptors (Lipinski definition) is 6. The third-order valence-corrected chi connectivity index (χ3v) is 4.41. The maximum absolute atomic E-state index is 10.9. The molecule has 8 heteroatoms. The molecular formula is C17H19ClN4O3. The number of nitrogens with one attached hydrogen (secondary N) is 1. The molecule has 0 saturated carbocycles. The molecule has 0 radical (unpaired) electrons. The largest absolute Gasteiger partial charge is 0.379 e. The summed E-state index contributed by atoms with van der Waals surface area (Å²) in [5, 5.41) is 14.5. The van der Waals surface area contributed by atoms with E-state index in [1.807, 2.05) is 12.1 Å². The molecule has 1 aliphatic rings. The van der Waals surface area contributed by atoms with Gasteiger partial charge < -0.3 is 15.0 Å². The van der Waals surface area contributed by atoms with E-state index in [4.69, 9.17) is 16.3 Å². The van der Waals surface area contributed by atoms with Gasteiger partial charge in [0, 0.05) is 43.5 Å². The van der Waals surface area contributed by atoms with Crippen LogP contribution in [0, 0.1) is 17.0 Å². The number of nitro groups is 1. The Balaban J connectivity index is 1.79. The van der Waals surface area contributed by atoms with Crippen LogP contribution in [0.1, 0.15) is 11.1 Å². The smallest absolute Gasteiger partial charge is 0.271 e. The van der Waals surface area contributed by atoms with Crippen molar-refractivity contribution in [2.45, 2.75) is 13.5 Å². The number of nitro benzene ring substituents is 1. The molecule has 1 N–H and O–H groups in total. The van der Waals surface area contributed by atoms with Gasteiger partial charge >= 0.3 is 0 Å². The Morgan fingerprint density at radius 2 is 2.16 bits per heavy atom. The Kier molecular flexibility index (Phi) is 5.35. The Hall–Kier alpha value is -2.38. The van der Waals surface area contributed by atoms with Crippen LogP contribution in [-0.4, -0.2) is 36.2 Å². The zero-order valence-electron chi connectivity index (χ0n) is 13.9. The summed E-state index contributed by atoms with van der Waals surface area (Å²) in [6.45, 7) is 5.32. The van der Waals surface area contributed by atoms with Crippen LogP contribution in [0.25, 0.3) is 0 Å². The summed E-state index contributed by atoms with van der Waals surface area (Å²) in [5.41, 5.74) is 2.46. The van der Waals surface area contributed by atoms with Crippen LogP contribution in [0.3, 0.4) is 0 Å². The molecule has 1 aromatic heterocycles. The second-order valence-corrected chi connectivity index (χ2v) is 6.22. The van der Waals surface area contributed by atoms with Crippen LogP contribution >= 0.6 is 11.6 Å². The molecule has 0 amide bonds. The first-order valence-electron chi connectivity index (χ1n) is 8.01. The maximum Gasteiger partial charge on any atom is 0.271 e. The Morgan fingerprint density at radius 1 is 1.40 bits per heavy atom. The monoisotopic (exact) mass is 362 g/mol. The summed E-state index contributed by atoms with van der Waals surface area (Å²) in [4.78, 5) is 17.2. The van der Waals surface area contributed by atoms with Crippen molar-refractivity contribution in [2.75, 3.05) is 36.5 Å². The van der Waals surface area contributed by atoms with E-state index in [2.05, 4.69) is 15.2 Å². The number of halogens is 1. The van der Waals surface area contributed by atoms with Crippen molar-refractivity contribution in [1.29, 1.82) is 0 Å². The van der Waals surface area contributed by atoms with Gasteiger partial charge in [0.05, 0.1) is 28.8 Å². The third-order valence-electron chi connectivity index (χ3n) is 4.12. The van der Waals surface area contributed by atoms with E-state index in [9.17, 15) is 10.1 Å². The van der Waals surface area contributed by atoms with Crippen molar-refractivity contribution in [3.05, 3.63) is 56.7 Å². The molecule has 7 nitrogen and oxygen atoms in total. The van der Waals surface area contributed by atoms with Crippen LogP contribution < -0.4 is 10.2 Å². The predicted octanol–water partition coefficient (Wildman–Crippen LogP) is 3.40. The number of rotatable bonds is 5. The standard InChI is InChI=1S/C17H19ClN4O3/c1-12-9-14(22(23)24)10-15(18)16(12)20-11-13-3-2-4-19-17(13)21-5-7-25-8-6-21/h2-4,9-10,20H,5-8,11H2,1H3. The van der Waals surface area contributed by atoms with Gasteiger partial charge in [0.15, 0.2) is 0 Å². The van der Waals surface area contributed by atoms with Crippen LogP contribution in [-0.2, 0) is 11.3 Å². The highest BCUT2D eigenvalue weighted by atomic mass is 35.5. The first-order chi connectivity index (χ1) is 12.1. The van der Waals surface area contributed by atoms with E-state index in [1.54, 1.807) is 13.1 Å². The van der Waals surface area contributed by atoms with E-state index in [0.717, 1.165) is 30.0 Å². The second kappa shape index (κ2) is 7.67. The highest BCUT2D eigenvalue weighted by Crippen LogP contribution is 2.31. The van der Waals surface area contributed by atoms with E-state index < -0.39 is 4.92 Å². The lowest BCUT2D eigenvalue weighted by atomic mass is 10.1. The quantitative estimate of drug-likeness (QED) is 0.648. The Morgan fingerprint density at radius 3 is 2.84 bits per heavy atom. The number of anilines is 2. The fourth-order valence-corrected chi connectivity index (χ4v) is 3.19. The molecule has 25 heavy (non-hydrogen) atoms. The number of benzene rings is 1. The number of hydrogen-bond donors (Lipinski definition) is 1. The molecule has 0 atom stereocenters. The lowest BCUT2D eigenvalue weighted by molar-refractivity contribution is -0.384. The summed E-state index contributed by atoms with van der Waals surface area (Å²) in [6.07, 6.45) is 1.78. The van der Waals surface area contributed by atoms with Gasteiger partial charge in [0.2, 0.25) is 0 Å². The van der Waals surface area contributed by atoms with Gasteiger partial charge in [-0.25, -0.2) is 4.98 Å². The minimum Gasteiger partial charge on any atom is -0.379 e. The minimum absolute atomic E-state index is 0.0107. The second-order valence-electron chi connectivity index (χ2n) is 5.82. The molecule has 0 aliphatic carbocycles. The van der Waals surface area contributed by atoms with Gasteiger partial charge in [-0.3, -0.25) is 10.1 Å². The summed E-state index contributed by atoms with van der Waals surface area (Å²) >= 11 is 6.22. The fraction of sp³-hybridized carbons (Fsp3) is 0.353. The highest BCUT2D eigenvalue weighted by molar-refractivity contribution is 6.33. The van der Waals surface area contributed by atoms with Crippen LogP contribution in [0.5, 0.6) is 0 Å². The van der Waals surface area contributed by atoms with Crippen molar-refractivity contribution in [3.63, 3.8) is 0 Å². The van der Waals surface area contributed by atoms with Gasteiger partial charge in [-0.1, -0.05) is 17.7 Å². The molecule has 0 unspecified atom stereocenters. The van der Waals surface area contributed by atoms with Crippen molar-refractivity contribution in [3.8, 4) is 0 Å². The van der Waals surface area contributed by atoms with Gasteiger partial charge in [-0.2, -0.15) is 0 Å². The van der Waals surface area contributed by atoms with Crippen LogP contribution in [0.4, 0.5) is 17.2 Å². The predicted molar refractivity (Wildman–Crippen MR) is 97.4 cm³/mol. The molecule has 1 fully saturated rings. The van der Waals surface area contributed by atoms with E-state index in [-0.39, 0.29) is 5.69 Å². The molecular weight excluding hydrogens is 344 g/mol. The molecule has 1 aliphatic heterocycles. The van der Waals surface area contributed by atoms with Gasteiger partial charge in [-0.15, -0.1) is 0 Å². The molecule has 1 saturated heterocycles. The van der Waals surface area contributed by atoms with E-state index in [0.29, 0.717) is 30.5 Å². The molecule has 132 valence electrons. The number of morpholine rings is 1. The zero-order valence-corrected chi connectivity index (χ0v) is 14.6. The van der Waals surface area contributed by atoms with Gasteiger partial charge in [0.1, 0.15) is 5.82 Å². The first-order valence-corrected chi connectivity index (χ1v) is 8.39. The first kappa shape index (κ1) is 17.4. The molecule has 2 heterocycles. The van der Waals surface area contributed by atoms with E-state index in [1.165, 1.54) is 12.1 Å². The lowest BCUT2D eigenvalue weighted by Crippen LogP contribution is -2.37. The normalized spacial score (nSPS) is 14.4. The molecule has 0 spiro atoms. The number of aryl methyl sites for hydroxylation is 1. The summed E-state index contributed by atoms with van der Waals surface area (Å²) < 4.78 is 5.39. The zero-order chi connectivity index (χ0) is 17.8. The Labute approximate surface area is 150 Å². The molecule has 2 aromatic rings. The minimum atomic E-state index is -0.444. The number of ether oxygens (including phenoxy) is 1. The lowest BCUT2D eigenvalue weighted by Gasteiger charge is -2.29. The topological polar surface area (TPSA) is 80.5 Å². The average Bonchev–Trinajstić information content (AvgIpc) is 2.62.